The van der Waals surface area contributed by atoms with Crippen molar-refractivity contribution >= 4 is 33.9 Å². The molecule has 7 heteroatoms. The van der Waals surface area contributed by atoms with E-state index in [1.54, 1.807) is 30.5 Å². The Morgan fingerprint density at radius 1 is 1.13 bits per heavy atom. The van der Waals surface area contributed by atoms with Crippen molar-refractivity contribution in [2.45, 2.75) is 33.2 Å². The van der Waals surface area contributed by atoms with Gasteiger partial charge in [0.2, 0.25) is 0 Å². The minimum atomic E-state index is -0.484. The van der Waals surface area contributed by atoms with Crippen molar-refractivity contribution in [3.63, 3.8) is 0 Å². The van der Waals surface area contributed by atoms with E-state index in [1.807, 2.05) is 45.0 Å². The number of hydrogen-bond donors (Lipinski definition) is 1. The van der Waals surface area contributed by atoms with E-state index in [1.165, 1.54) is 4.68 Å². The molecule has 152 valence electrons. The summed E-state index contributed by atoms with van der Waals surface area (Å²) in [4.78, 5) is 25.5. The molecule has 0 atom stereocenters. The Morgan fingerprint density at radius 2 is 1.80 bits per heavy atom. The first-order chi connectivity index (χ1) is 14.5. The highest BCUT2D eigenvalue weighted by atomic mass is 16.3. The molecule has 4 aromatic rings. The third-order valence-electron chi connectivity index (χ3n) is 4.92. The molecule has 1 N–H and O–H groups in total. The molecule has 0 saturated heterocycles. The highest BCUT2D eigenvalue weighted by Crippen LogP contribution is 2.24. The van der Waals surface area contributed by atoms with Crippen molar-refractivity contribution in [1.29, 1.82) is 0 Å². The average Bonchev–Trinajstić information content (AvgIpc) is 3.11. The quantitative estimate of drug-likeness (QED) is 0.403. The normalized spacial score (nSPS) is 11.7. The number of hydrogen-bond acceptors (Lipinski definition) is 5. The van der Waals surface area contributed by atoms with Crippen LogP contribution < -0.4 is 11.0 Å². The van der Waals surface area contributed by atoms with E-state index in [4.69, 9.17) is 4.42 Å². The highest BCUT2D eigenvalue weighted by molar-refractivity contribution is 6.05. The molecule has 0 unspecified atom stereocenters. The van der Waals surface area contributed by atoms with Gasteiger partial charge in [-0.25, -0.2) is 10.1 Å². The van der Waals surface area contributed by atoms with E-state index in [-0.39, 0.29) is 17.3 Å². The topological polar surface area (TPSA) is 89.5 Å². The van der Waals surface area contributed by atoms with Crippen molar-refractivity contribution in [2.75, 3.05) is 0 Å². The lowest BCUT2D eigenvalue weighted by Crippen LogP contribution is -2.30. The number of benzene rings is 2. The molecule has 1 amide bonds. The second-order valence-corrected chi connectivity index (χ2v) is 7.23. The summed E-state index contributed by atoms with van der Waals surface area (Å²) in [5.74, 6) is 0.314. The van der Waals surface area contributed by atoms with E-state index in [9.17, 15) is 9.59 Å². The van der Waals surface area contributed by atoms with Crippen molar-refractivity contribution < 1.29 is 9.21 Å². The number of nitrogens with zero attached hydrogens (tertiary/aromatic N) is 3. The zero-order valence-corrected chi connectivity index (χ0v) is 17.0. The van der Waals surface area contributed by atoms with Crippen LogP contribution in [0.25, 0.3) is 21.7 Å². The molecule has 7 nitrogen and oxygen atoms in total. The van der Waals surface area contributed by atoms with Crippen LogP contribution in [-0.2, 0) is 6.42 Å². The van der Waals surface area contributed by atoms with Crippen LogP contribution in [-0.4, -0.2) is 21.9 Å². The van der Waals surface area contributed by atoms with E-state index >= 15 is 0 Å². The maximum Gasteiger partial charge on any atom is 0.292 e. The fourth-order valence-electron chi connectivity index (χ4n) is 3.45. The maximum atomic E-state index is 12.9. The van der Waals surface area contributed by atoms with Gasteiger partial charge in [0.25, 0.3) is 11.5 Å². The Bertz CT molecular complexity index is 1330. The molecule has 0 radical (unpaired) electrons. The van der Waals surface area contributed by atoms with Crippen molar-refractivity contribution in [1.82, 2.24) is 15.2 Å². The largest absolute Gasteiger partial charge is 0.460 e. The summed E-state index contributed by atoms with van der Waals surface area (Å²) in [6.45, 7) is 5.69. The number of furan rings is 1. The van der Waals surface area contributed by atoms with Crippen LogP contribution >= 0.6 is 0 Å². The second-order valence-electron chi connectivity index (χ2n) is 7.23. The van der Waals surface area contributed by atoms with E-state index in [0.717, 1.165) is 22.3 Å². The third-order valence-corrected chi connectivity index (χ3v) is 4.92. The summed E-state index contributed by atoms with van der Waals surface area (Å²) >= 11 is 0. The van der Waals surface area contributed by atoms with Gasteiger partial charge in [0.1, 0.15) is 11.3 Å². The van der Waals surface area contributed by atoms with E-state index in [0.29, 0.717) is 17.2 Å². The summed E-state index contributed by atoms with van der Waals surface area (Å²) < 4.78 is 7.17. The first-order valence-electron chi connectivity index (χ1n) is 9.86. The fraction of sp³-hybridized carbons (Fsp3) is 0.217. The van der Waals surface area contributed by atoms with Crippen molar-refractivity contribution in [3.05, 3.63) is 75.9 Å². The van der Waals surface area contributed by atoms with Gasteiger partial charge in [-0.05, 0) is 26.0 Å². The first-order valence-corrected chi connectivity index (χ1v) is 9.86. The lowest BCUT2D eigenvalue weighted by molar-refractivity contribution is 0.0949. The van der Waals surface area contributed by atoms with Crippen LogP contribution in [0.1, 0.15) is 48.6 Å². The van der Waals surface area contributed by atoms with Crippen LogP contribution in [0, 0.1) is 0 Å². The number of aromatic nitrogens is 2. The molecule has 2 heterocycles. The molecule has 0 spiro atoms. The lowest BCUT2D eigenvalue weighted by atomic mass is 10.1. The van der Waals surface area contributed by atoms with Crippen LogP contribution in [0.2, 0.25) is 0 Å². The number of carbonyl (C=O) groups excluding carboxylic acids is 1. The number of hydrazone groups is 1. The molecule has 0 fully saturated rings. The molecule has 30 heavy (non-hydrogen) atoms. The minimum absolute atomic E-state index is 0.156. The molecule has 0 aliphatic carbocycles. The van der Waals surface area contributed by atoms with Crippen LogP contribution in [0.5, 0.6) is 0 Å². The zero-order chi connectivity index (χ0) is 21.3. The molecule has 0 aliphatic rings. The molecule has 0 aliphatic heterocycles. The number of rotatable bonds is 5. The number of fused-ring (bicyclic) bond motifs is 2. The van der Waals surface area contributed by atoms with Gasteiger partial charge in [-0.15, -0.1) is 0 Å². The number of amides is 1. The summed E-state index contributed by atoms with van der Waals surface area (Å²) in [6.07, 6.45) is 2.29. The molecule has 0 bridgehead atoms. The van der Waals surface area contributed by atoms with Gasteiger partial charge in [0, 0.05) is 22.8 Å². The van der Waals surface area contributed by atoms with Crippen LogP contribution in [0.4, 0.5) is 0 Å². The average molecular weight is 402 g/mol. The lowest BCUT2D eigenvalue weighted by Gasteiger charge is -2.12. The standard InChI is InChI=1S/C23H22N4O3/c1-4-19-18(15-9-7-8-12-20(15)30-19)13-24-25-22(28)21-16-10-5-6-11-17(16)23(29)27(26-21)14(2)3/h5-14H,4H2,1-3H3,(H,25,28)/b24-13-. The van der Waals surface area contributed by atoms with Gasteiger partial charge in [-0.3, -0.25) is 9.59 Å². The van der Waals surface area contributed by atoms with Gasteiger partial charge in [-0.2, -0.15) is 10.2 Å². The zero-order valence-electron chi connectivity index (χ0n) is 17.0. The number of nitrogens with one attached hydrogen (secondary N) is 1. The molecular weight excluding hydrogens is 380 g/mol. The predicted octanol–water partition coefficient (Wildman–Crippen LogP) is 4.05. The van der Waals surface area contributed by atoms with Gasteiger partial charge >= 0.3 is 0 Å². The smallest absolute Gasteiger partial charge is 0.292 e. The van der Waals surface area contributed by atoms with Gasteiger partial charge < -0.3 is 4.42 Å². The Morgan fingerprint density at radius 3 is 2.50 bits per heavy atom. The van der Waals surface area contributed by atoms with Gasteiger partial charge in [0.15, 0.2) is 5.69 Å². The predicted molar refractivity (Wildman–Crippen MR) is 117 cm³/mol. The van der Waals surface area contributed by atoms with E-state index in [2.05, 4.69) is 15.6 Å². The van der Waals surface area contributed by atoms with Crippen LogP contribution in [0.3, 0.4) is 0 Å². The summed E-state index contributed by atoms with van der Waals surface area (Å²) in [6, 6.07) is 14.5. The summed E-state index contributed by atoms with van der Waals surface area (Å²) in [5.41, 5.74) is 4.08. The summed E-state index contributed by atoms with van der Waals surface area (Å²) in [5, 5.41) is 10.3. The van der Waals surface area contributed by atoms with Gasteiger partial charge in [0.05, 0.1) is 17.6 Å². The Kier molecular flexibility index (Phi) is 5.18. The highest BCUT2D eigenvalue weighted by Gasteiger charge is 2.17. The summed E-state index contributed by atoms with van der Waals surface area (Å²) in [7, 11) is 0. The minimum Gasteiger partial charge on any atom is -0.460 e. The van der Waals surface area contributed by atoms with Crippen molar-refractivity contribution in [2.24, 2.45) is 5.10 Å². The first kappa shape index (κ1) is 19.6. The molecule has 2 aromatic carbocycles. The fourth-order valence-corrected chi connectivity index (χ4v) is 3.45. The third kappa shape index (κ3) is 3.39. The molecule has 0 saturated carbocycles. The number of para-hydroxylation sites is 1. The van der Waals surface area contributed by atoms with Gasteiger partial charge in [-0.1, -0.05) is 43.3 Å². The Labute approximate surface area is 173 Å². The molecule has 4 rings (SSSR count). The van der Waals surface area contributed by atoms with Crippen LogP contribution in [0.15, 0.2) is 62.8 Å². The Balaban J connectivity index is 1.70. The monoisotopic (exact) mass is 402 g/mol. The number of carbonyl (C=O) groups is 1. The van der Waals surface area contributed by atoms with Crippen molar-refractivity contribution in [3.8, 4) is 0 Å². The second kappa shape index (κ2) is 7.94. The number of aryl methyl sites for hydroxylation is 1. The molecule has 2 aromatic heterocycles. The maximum absolute atomic E-state index is 12.9. The SMILES string of the molecule is CCc1oc2ccccc2c1/C=N\NC(=O)c1nn(C(C)C)c(=O)c2ccccc12. The molecular formula is C23H22N4O3. The Hall–Kier alpha value is -3.74. The van der Waals surface area contributed by atoms with E-state index < -0.39 is 5.91 Å².